The van der Waals surface area contributed by atoms with Crippen molar-refractivity contribution in [3.05, 3.63) is 76.3 Å². The number of hydrogen-bond donors (Lipinski definition) is 1. The Kier molecular flexibility index (Phi) is 5.22. The van der Waals surface area contributed by atoms with E-state index >= 15 is 0 Å². The number of nitro groups is 1. The zero-order valence-corrected chi connectivity index (χ0v) is 14.2. The number of nitrogens with one attached hydrogen (secondary N) is 1. The fraction of sp³-hybridized carbons (Fsp3) is 0.0556. The van der Waals surface area contributed by atoms with Crippen molar-refractivity contribution in [2.45, 2.75) is 0 Å². The quantitative estimate of drug-likeness (QED) is 0.407. The van der Waals surface area contributed by atoms with Crippen LogP contribution >= 0.6 is 0 Å². The summed E-state index contributed by atoms with van der Waals surface area (Å²) < 4.78 is 10.6. The molecule has 0 saturated heterocycles. The van der Waals surface area contributed by atoms with Gasteiger partial charge in [0.05, 0.1) is 29.9 Å². The SMILES string of the molecule is COc1ccc(-c2ccc(/C=N/NC(=O)c3ccncc3)o2)c([N+](=O)[O-])c1. The minimum Gasteiger partial charge on any atom is -0.497 e. The average Bonchev–Trinajstić information content (AvgIpc) is 3.16. The number of furan rings is 1. The van der Waals surface area contributed by atoms with E-state index in [-0.39, 0.29) is 5.69 Å². The average molecular weight is 366 g/mol. The van der Waals surface area contributed by atoms with Gasteiger partial charge in [-0.3, -0.25) is 19.9 Å². The molecule has 0 spiro atoms. The number of pyridine rings is 1. The van der Waals surface area contributed by atoms with Crippen LogP contribution < -0.4 is 10.2 Å². The van der Waals surface area contributed by atoms with E-state index in [0.29, 0.717) is 28.4 Å². The van der Waals surface area contributed by atoms with Crippen molar-refractivity contribution in [3.63, 3.8) is 0 Å². The normalized spacial score (nSPS) is 10.7. The van der Waals surface area contributed by atoms with Gasteiger partial charge in [0, 0.05) is 18.0 Å². The van der Waals surface area contributed by atoms with E-state index in [9.17, 15) is 14.9 Å². The van der Waals surface area contributed by atoms with Crippen LogP contribution in [-0.4, -0.2) is 29.1 Å². The largest absolute Gasteiger partial charge is 0.497 e. The van der Waals surface area contributed by atoms with Crippen molar-refractivity contribution in [1.29, 1.82) is 0 Å². The summed E-state index contributed by atoms with van der Waals surface area (Å²) >= 11 is 0. The molecule has 0 aliphatic carbocycles. The van der Waals surface area contributed by atoms with Crippen LogP contribution in [0, 0.1) is 10.1 Å². The molecule has 2 heterocycles. The highest BCUT2D eigenvalue weighted by Crippen LogP contribution is 2.33. The van der Waals surface area contributed by atoms with Crippen molar-refractivity contribution in [2.75, 3.05) is 7.11 Å². The Bertz CT molecular complexity index is 998. The molecule has 0 bridgehead atoms. The third-order valence-corrected chi connectivity index (χ3v) is 3.59. The van der Waals surface area contributed by atoms with E-state index in [1.54, 1.807) is 36.4 Å². The lowest BCUT2D eigenvalue weighted by Crippen LogP contribution is -2.17. The number of rotatable bonds is 6. The third-order valence-electron chi connectivity index (χ3n) is 3.59. The number of hydrazone groups is 1. The smallest absolute Gasteiger partial charge is 0.284 e. The van der Waals surface area contributed by atoms with Gasteiger partial charge in [0.15, 0.2) is 0 Å². The monoisotopic (exact) mass is 366 g/mol. The minimum atomic E-state index is -0.511. The van der Waals surface area contributed by atoms with E-state index in [0.717, 1.165) is 0 Å². The molecule has 0 unspecified atom stereocenters. The molecular formula is C18H14N4O5. The van der Waals surface area contributed by atoms with Crippen molar-refractivity contribution in [3.8, 4) is 17.1 Å². The first-order valence-corrected chi connectivity index (χ1v) is 7.74. The van der Waals surface area contributed by atoms with Gasteiger partial charge in [-0.2, -0.15) is 5.10 Å². The Morgan fingerprint density at radius 2 is 2.04 bits per heavy atom. The molecule has 0 aliphatic rings. The number of nitrogens with zero attached hydrogens (tertiary/aromatic N) is 3. The fourth-order valence-corrected chi connectivity index (χ4v) is 2.29. The molecule has 1 N–H and O–H groups in total. The molecule has 0 atom stereocenters. The van der Waals surface area contributed by atoms with E-state index in [1.807, 2.05) is 0 Å². The Morgan fingerprint density at radius 1 is 1.26 bits per heavy atom. The van der Waals surface area contributed by atoms with Crippen LogP contribution in [0.2, 0.25) is 0 Å². The van der Waals surface area contributed by atoms with Gasteiger partial charge >= 0.3 is 0 Å². The zero-order chi connectivity index (χ0) is 19.2. The van der Waals surface area contributed by atoms with Crippen LogP contribution in [0.25, 0.3) is 11.3 Å². The molecule has 2 aromatic heterocycles. The van der Waals surface area contributed by atoms with Crippen LogP contribution in [0.4, 0.5) is 5.69 Å². The summed E-state index contributed by atoms with van der Waals surface area (Å²) in [6.07, 6.45) is 4.30. The fourth-order valence-electron chi connectivity index (χ4n) is 2.29. The molecule has 9 nitrogen and oxygen atoms in total. The Labute approximate surface area is 153 Å². The van der Waals surface area contributed by atoms with Gasteiger partial charge in [-0.05, 0) is 36.4 Å². The number of nitro benzene ring substituents is 1. The second-order valence-electron chi connectivity index (χ2n) is 5.28. The molecule has 0 aliphatic heterocycles. The summed E-state index contributed by atoms with van der Waals surface area (Å²) in [6.45, 7) is 0. The lowest BCUT2D eigenvalue weighted by molar-refractivity contribution is -0.384. The highest BCUT2D eigenvalue weighted by molar-refractivity contribution is 5.94. The summed E-state index contributed by atoms with van der Waals surface area (Å²) in [5.41, 5.74) is 2.94. The number of carbonyl (C=O) groups excluding carboxylic acids is 1. The van der Waals surface area contributed by atoms with Crippen molar-refractivity contribution in [1.82, 2.24) is 10.4 Å². The lowest BCUT2D eigenvalue weighted by atomic mass is 10.1. The van der Waals surface area contributed by atoms with Crippen LogP contribution in [0.1, 0.15) is 16.1 Å². The lowest BCUT2D eigenvalue weighted by Gasteiger charge is -2.03. The molecule has 1 aromatic carbocycles. The molecule has 3 rings (SSSR count). The molecule has 0 radical (unpaired) electrons. The van der Waals surface area contributed by atoms with E-state index in [2.05, 4.69) is 15.5 Å². The van der Waals surface area contributed by atoms with Gasteiger partial charge < -0.3 is 9.15 Å². The molecule has 3 aromatic rings. The number of aromatic nitrogens is 1. The summed E-state index contributed by atoms with van der Waals surface area (Å²) in [6, 6.07) is 10.7. The van der Waals surface area contributed by atoms with Gasteiger partial charge in [0.25, 0.3) is 11.6 Å². The maximum Gasteiger partial charge on any atom is 0.284 e. The maximum absolute atomic E-state index is 11.9. The first-order chi connectivity index (χ1) is 13.1. The Balaban J connectivity index is 1.75. The van der Waals surface area contributed by atoms with Crippen LogP contribution in [0.5, 0.6) is 5.75 Å². The van der Waals surface area contributed by atoms with Gasteiger partial charge in [-0.1, -0.05) is 0 Å². The summed E-state index contributed by atoms with van der Waals surface area (Å²) in [5.74, 6) is 0.597. The molecule has 0 fully saturated rings. The maximum atomic E-state index is 11.9. The van der Waals surface area contributed by atoms with Gasteiger partial charge in [-0.25, -0.2) is 5.43 Å². The Morgan fingerprint density at radius 3 is 2.74 bits per heavy atom. The Hall–Kier alpha value is -4.01. The molecule has 0 saturated carbocycles. The van der Waals surface area contributed by atoms with Gasteiger partial charge in [-0.15, -0.1) is 0 Å². The molecule has 9 heteroatoms. The first-order valence-electron chi connectivity index (χ1n) is 7.74. The number of hydrogen-bond acceptors (Lipinski definition) is 7. The minimum absolute atomic E-state index is 0.141. The number of methoxy groups -OCH3 is 1. The summed E-state index contributed by atoms with van der Waals surface area (Å²) in [7, 11) is 1.43. The number of ether oxygens (including phenoxy) is 1. The van der Waals surface area contributed by atoms with E-state index in [4.69, 9.17) is 9.15 Å². The van der Waals surface area contributed by atoms with Crippen molar-refractivity contribution < 1.29 is 18.9 Å². The van der Waals surface area contributed by atoms with E-state index < -0.39 is 10.8 Å². The highest BCUT2D eigenvalue weighted by Gasteiger charge is 2.19. The number of carbonyl (C=O) groups is 1. The van der Waals surface area contributed by atoms with E-state index in [1.165, 1.54) is 31.8 Å². The second kappa shape index (κ2) is 7.91. The summed E-state index contributed by atoms with van der Waals surface area (Å²) in [5, 5.41) is 15.1. The molecule has 136 valence electrons. The molecular weight excluding hydrogens is 352 g/mol. The zero-order valence-electron chi connectivity index (χ0n) is 14.2. The van der Waals surface area contributed by atoms with Crippen molar-refractivity contribution >= 4 is 17.8 Å². The predicted molar refractivity (Wildman–Crippen MR) is 96.6 cm³/mol. The first kappa shape index (κ1) is 17.8. The van der Waals surface area contributed by atoms with Crippen molar-refractivity contribution in [2.24, 2.45) is 5.10 Å². The van der Waals surface area contributed by atoms with Crippen LogP contribution in [0.15, 0.2) is 64.4 Å². The standard InChI is InChI=1S/C18H14N4O5/c1-26-13-2-4-15(16(10-13)22(24)25)17-5-3-14(27-17)11-20-21-18(23)12-6-8-19-9-7-12/h2-11H,1H3,(H,21,23)/b20-11+. The molecule has 1 amide bonds. The highest BCUT2D eigenvalue weighted by atomic mass is 16.6. The topological polar surface area (TPSA) is 120 Å². The molecule has 27 heavy (non-hydrogen) atoms. The van der Waals surface area contributed by atoms with Gasteiger partial charge in [0.1, 0.15) is 17.3 Å². The second-order valence-corrected chi connectivity index (χ2v) is 5.28. The number of amides is 1. The van der Waals surface area contributed by atoms with Gasteiger partial charge in [0.2, 0.25) is 0 Å². The van der Waals surface area contributed by atoms with Crippen LogP contribution in [-0.2, 0) is 0 Å². The summed E-state index contributed by atoms with van der Waals surface area (Å²) in [4.78, 5) is 26.5. The third kappa shape index (κ3) is 4.15. The van der Waals surface area contributed by atoms with Crippen LogP contribution in [0.3, 0.4) is 0 Å². The predicted octanol–water partition coefficient (Wildman–Crippen LogP) is 3.02. The number of benzene rings is 1.